The molecule has 0 aromatic rings. The molecule has 0 spiro atoms. The predicted molar refractivity (Wildman–Crippen MR) is 53.7 cm³/mol. The summed E-state index contributed by atoms with van der Waals surface area (Å²) < 4.78 is 5.41. The predicted octanol–water partition coefficient (Wildman–Crippen LogP) is 1.80. The maximum absolute atomic E-state index is 5.41. The zero-order valence-corrected chi connectivity index (χ0v) is 8.81. The molecule has 0 aromatic carbocycles. The zero-order valence-electron chi connectivity index (χ0n) is 8.81. The Morgan fingerprint density at radius 1 is 1.46 bits per heavy atom. The second-order valence-electron chi connectivity index (χ2n) is 5.10. The van der Waals surface area contributed by atoms with Gasteiger partial charge in [-0.15, -0.1) is 0 Å². The molecule has 1 atom stereocenters. The van der Waals surface area contributed by atoms with E-state index >= 15 is 0 Å². The molecule has 2 aliphatic heterocycles. The Kier molecular flexibility index (Phi) is 2.61. The van der Waals surface area contributed by atoms with Crippen molar-refractivity contribution >= 4 is 0 Å². The van der Waals surface area contributed by atoms with Gasteiger partial charge in [0.2, 0.25) is 0 Å². The van der Waals surface area contributed by atoms with E-state index in [-0.39, 0.29) is 0 Å². The summed E-state index contributed by atoms with van der Waals surface area (Å²) in [5.41, 5.74) is 0.491. The number of hydrogen-bond donors (Lipinski definition) is 1. The molecule has 1 N–H and O–H groups in total. The van der Waals surface area contributed by atoms with Crippen molar-refractivity contribution in [2.75, 3.05) is 19.8 Å². The Balaban J connectivity index is 1.97. The molecule has 0 bridgehead atoms. The summed E-state index contributed by atoms with van der Waals surface area (Å²) >= 11 is 0. The van der Waals surface area contributed by atoms with Crippen LogP contribution in [0.1, 0.15) is 33.1 Å². The molecule has 2 nitrogen and oxygen atoms in total. The maximum Gasteiger partial charge on any atom is 0.0559 e. The molecule has 0 aliphatic carbocycles. The van der Waals surface area contributed by atoms with E-state index in [1.807, 2.05) is 0 Å². The van der Waals surface area contributed by atoms with Gasteiger partial charge in [0, 0.05) is 11.5 Å². The third kappa shape index (κ3) is 1.75. The normalized spacial score (nSPS) is 32.1. The standard InChI is InChI=1S/C11H21NO/c1-9(2)6-11(7-13-8-11)10-4-3-5-12-10/h9-10,12H,3-8H2,1-2H3. The Morgan fingerprint density at radius 3 is 2.62 bits per heavy atom. The van der Waals surface area contributed by atoms with Crippen LogP contribution in [0.5, 0.6) is 0 Å². The Morgan fingerprint density at radius 2 is 2.23 bits per heavy atom. The fourth-order valence-electron chi connectivity index (χ4n) is 2.85. The van der Waals surface area contributed by atoms with E-state index < -0.39 is 0 Å². The molecule has 0 radical (unpaired) electrons. The van der Waals surface area contributed by atoms with E-state index in [4.69, 9.17) is 4.74 Å². The lowest BCUT2D eigenvalue weighted by molar-refractivity contribution is -0.139. The van der Waals surface area contributed by atoms with Crippen molar-refractivity contribution in [3.8, 4) is 0 Å². The minimum Gasteiger partial charge on any atom is -0.380 e. The number of rotatable bonds is 3. The van der Waals surface area contributed by atoms with Crippen molar-refractivity contribution in [3.05, 3.63) is 0 Å². The number of nitrogens with one attached hydrogen (secondary N) is 1. The van der Waals surface area contributed by atoms with Gasteiger partial charge >= 0.3 is 0 Å². The average Bonchev–Trinajstić information content (AvgIpc) is 2.48. The summed E-state index contributed by atoms with van der Waals surface area (Å²) in [6.45, 7) is 7.82. The maximum atomic E-state index is 5.41. The molecule has 2 heteroatoms. The first kappa shape index (κ1) is 9.47. The van der Waals surface area contributed by atoms with Gasteiger partial charge in [-0.1, -0.05) is 13.8 Å². The van der Waals surface area contributed by atoms with Crippen LogP contribution in [-0.2, 0) is 4.74 Å². The van der Waals surface area contributed by atoms with Crippen molar-refractivity contribution in [3.63, 3.8) is 0 Å². The van der Waals surface area contributed by atoms with E-state index in [1.54, 1.807) is 0 Å². The van der Waals surface area contributed by atoms with Gasteiger partial charge in [0.25, 0.3) is 0 Å². The summed E-state index contributed by atoms with van der Waals surface area (Å²) in [4.78, 5) is 0. The average molecular weight is 183 g/mol. The highest BCUT2D eigenvalue weighted by molar-refractivity contribution is 4.98. The quantitative estimate of drug-likeness (QED) is 0.720. The number of hydrogen-bond acceptors (Lipinski definition) is 2. The molecule has 0 aromatic heterocycles. The molecule has 0 saturated carbocycles. The van der Waals surface area contributed by atoms with Gasteiger partial charge in [-0.3, -0.25) is 0 Å². The summed E-state index contributed by atoms with van der Waals surface area (Å²) in [5.74, 6) is 0.797. The highest BCUT2D eigenvalue weighted by atomic mass is 16.5. The van der Waals surface area contributed by atoms with Gasteiger partial charge in [0.1, 0.15) is 0 Å². The van der Waals surface area contributed by atoms with Gasteiger partial charge in [-0.05, 0) is 31.7 Å². The minimum atomic E-state index is 0.491. The fraction of sp³-hybridized carbons (Fsp3) is 1.00. The van der Waals surface area contributed by atoms with Crippen LogP contribution in [0.4, 0.5) is 0 Å². The molecule has 2 fully saturated rings. The molecule has 2 saturated heterocycles. The van der Waals surface area contributed by atoms with E-state index in [2.05, 4.69) is 19.2 Å². The van der Waals surface area contributed by atoms with E-state index in [9.17, 15) is 0 Å². The van der Waals surface area contributed by atoms with Crippen LogP contribution in [-0.4, -0.2) is 25.8 Å². The fourth-order valence-corrected chi connectivity index (χ4v) is 2.85. The second-order valence-corrected chi connectivity index (χ2v) is 5.10. The summed E-state index contributed by atoms with van der Waals surface area (Å²) in [5, 5.41) is 3.62. The van der Waals surface area contributed by atoms with E-state index in [0.29, 0.717) is 5.41 Å². The highest BCUT2D eigenvalue weighted by Gasteiger charge is 2.46. The highest BCUT2D eigenvalue weighted by Crippen LogP contribution is 2.40. The van der Waals surface area contributed by atoms with Gasteiger partial charge in [0.05, 0.1) is 13.2 Å². The third-order valence-corrected chi connectivity index (χ3v) is 3.39. The van der Waals surface area contributed by atoms with Crippen molar-refractivity contribution in [2.24, 2.45) is 11.3 Å². The molecular formula is C11H21NO. The van der Waals surface area contributed by atoms with Crippen LogP contribution in [0.15, 0.2) is 0 Å². The second kappa shape index (κ2) is 3.58. The molecule has 76 valence electrons. The Labute approximate surface area is 81.0 Å². The summed E-state index contributed by atoms with van der Waals surface area (Å²) in [7, 11) is 0. The third-order valence-electron chi connectivity index (χ3n) is 3.39. The summed E-state index contributed by atoms with van der Waals surface area (Å²) in [6.07, 6.45) is 4.03. The largest absolute Gasteiger partial charge is 0.380 e. The van der Waals surface area contributed by atoms with Crippen LogP contribution >= 0.6 is 0 Å². The van der Waals surface area contributed by atoms with E-state index in [1.165, 1.54) is 25.8 Å². The molecule has 2 rings (SSSR count). The zero-order chi connectivity index (χ0) is 9.31. The van der Waals surface area contributed by atoms with Crippen molar-refractivity contribution in [1.82, 2.24) is 5.32 Å². The van der Waals surface area contributed by atoms with Crippen LogP contribution in [0.3, 0.4) is 0 Å². The lowest BCUT2D eigenvalue weighted by Crippen LogP contribution is -2.55. The number of ether oxygens (including phenoxy) is 1. The van der Waals surface area contributed by atoms with Gasteiger partial charge < -0.3 is 10.1 Å². The SMILES string of the molecule is CC(C)CC1(C2CCCN2)COC1. The van der Waals surface area contributed by atoms with Gasteiger partial charge in [0.15, 0.2) is 0 Å². The first-order valence-electron chi connectivity index (χ1n) is 5.54. The molecule has 1 unspecified atom stereocenters. The molecule has 2 heterocycles. The van der Waals surface area contributed by atoms with Crippen LogP contribution in [0.2, 0.25) is 0 Å². The van der Waals surface area contributed by atoms with Gasteiger partial charge in [-0.25, -0.2) is 0 Å². The molecule has 0 amide bonds. The molecule has 13 heavy (non-hydrogen) atoms. The smallest absolute Gasteiger partial charge is 0.0559 e. The first-order valence-corrected chi connectivity index (χ1v) is 5.54. The van der Waals surface area contributed by atoms with Gasteiger partial charge in [-0.2, -0.15) is 0 Å². The minimum absolute atomic E-state index is 0.491. The van der Waals surface area contributed by atoms with Crippen LogP contribution in [0.25, 0.3) is 0 Å². The Hall–Kier alpha value is -0.0800. The molecule has 2 aliphatic rings. The Bertz CT molecular complexity index is 169. The van der Waals surface area contributed by atoms with Crippen molar-refractivity contribution in [2.45, 2.75) is 39.2 Å². The lowest BCUT2D eigenvalue weighted by atomic mass is 9.72. The monoisotopic (exact) mass is 183 g/mol. The molecular weight excluding hydrogens is 162 g/mol. The van der Waals surface area contributed by atoms with Crippen molar-refractivity contribution < 1.29 is 4.74 Å². The topological polar surface area (TPSA) is 21.3 Å². The van der Waals surface area contributed by atoms with Crippen LogP contribution < -0.4 is 5.32 Å². The lowest BCUT2D eigenvalue weighted by Gasteiger charge is -2.47. The van der Waals surface area contributed by atoms with Crippen molar-refractivity contribution in [1.29, 1.82) is 0 Å². The first-order chi connectivity index (χ1) is 6.23. The summed E-state index contributed by atoms with van der Waals surface area (Å²) in [6, 6.07) is 0.739. The van der Waals surface area contributed by atoms with Crippen LogP contribution in [0, 0.1) is 11.3 Å². The van der Waals surface area contributed by atoms with E-state index in [0.717, 1.165) is 25.2 Å².